The standard InChI is InChI=1S/C33H53N2O14P/c1-26(36)46-24-35(25-47-27(2)37)30(23-49-50(41,45-6)48-18-12-8-11-15-28-13-9-7-10-14-28)19-29(20-31(38)42-3)16-17-34(21-32(39)43-4)22-33(40)44-5/h7,9-10,13-14,29-30H,8,11-12,15-25H2,1-6H3. The summed E-state index contributed by atoms with van der Waals surface area (Å²) in [6, 6.07) is 9.27. The number of rotatable bonds is 27. The number of phosphoric acid groups is 1. The van der Waals surface area contributed by atoms with Crippen molar-refractivity contribution in [2.24, 2.45) is 5.92 Å². The summed E-state index contributed by atoms with van der Waals surface area (Å²) in [5.41, 5.74) is 1.22. The summed E-state index contributed by atoms with van der Waals surface area (Å²) in [5.74, 6) is -3.40. The number of unbranched alkanes of at least 4 members (excludes halogenated alkanes) is 2. The van der Waals surface area contributed by atoms with Crippen LogP contribution in [0.15, 0.2) is 30.3 Å². The van der Waals surface area contributed by atoms with Gasteiger partial charge < -0.3 is 23.7 Å². The van der Waals surface area contributed by atoms with Crippen molar-refractivity contribution >= 4 is 37.7 Å². The van der Waals surface area contributed by atoms with Crippen LogP contribution < -0.4 is 0 Å². The predicted molar refractivity (Wildman–Crippen MR) is 179 cm³/mol. The van der Waals surface area contributed by atoms with Gasteiger partial charge in [-0.2, -0.15) is 0 Å². The molecule has 1 rings (SSSR count). The number of phosphoric ester groups is 1. The summed E-state index contributed by atoms with van der Waals surface area (Å²) in [6.45, 7) is 1.28. The van der Waals surface area contributed by atoms with E-state index < -0.39 is 49.6 Å². The van der Waals surface area contributed by atoms with Crippen molar-refractivity contribution < 1.29 is 65.8 Å². The van der Waals surface area contributed by atoms with Crippen LogP contribution in [-0.2, 0) is 72.2 Å². The van der Waals surface area contributed by atoms with Crippen LogP contribution in [0, 0.1) is 5.92 Å². The molecule has 0 saturated heterocycles. The smallest absolute Gasteiger partial charge is 0.469 e. The number of carbonyl (C=O) groups excluding carboxylic acids is 5. The topological polar surface area (TPSA) is 183 Å². The summed E-state index contributed by atoms with van der Waals surface area (Å²) in [5, 5.41) is 0. The van der Waals surface area contributed by atoms with Gasteiger partial charge in [0.1, 0.15) is 13.5 Å². The zero-order valence-corrected chi connectivity index (χ0v) is 30.9. The van der Waals surface area contributed by atoms with Crippen LogP contribution in [0.4, 0.5) is 0 Å². The molecule has 0 N–H and O–H groups in total. The molecule has 0 radical (unpaired) electrons. The number of carbonyl (C=O) groups is 5. The van der Waals surface area contributed by atoms with E-state index in [1.54, 1.807) is 0 Å². The fraction of sp³-hybridized carbons (Fsp3) is 0.667. The zero-order valence-electron chi connectivity index (χ0n) is 30.0. The first-order valence-electron chi connectivity index (χ1n) is 16.3. The highest BCUT2D eigenvalue weighted by Gasteiger charge is 2.32. The van der Waals surface area contributed by atoms with Crippen molar-refractivity contribution in [1.29, 1.82) is 0 Å². The van der Waals surface area contributed by atoms with E-state index in [0.717, 1.165) is 19.3 Å². The third-order valence-electron chi connectivity index (χ3n) is 7.54. The lowest BCUT2D eigenvalue weighted by Gasteiger charge is -2.33. The molecule has 0 bridgehead atoms. The maximum atomic E-state index is 13.5. The van der Waals surface area contributed by atoms with Gasteiger partial charge in [0.05, 0.1) is 47.6 Å². The normalized spacial score (nSPS) is 13.6. The van der Waals surface area contributed by atoms with Crippen LogP contribution >= 0.6 is 7.82 Å². The Bertz CT molecular complexity index is 1180. The molecule has 1 aromatic rings. The second kappa shape index (κ2) is 25.5. The van der Waals surface area contributed by atoms with E-state index in [1.165, 1.54) is 57.6 Å². The van der Waals surface area contributed by atoms with Crippen LogP contribution in [-0.4, -0.2) is 120 Å². The van der Waals surface area contributed by atoms with Gasteiger partial charge in [0.15, 0.2) is 0 Å². The SMILES string of the molecule is COC(=O)CC(CCN(CC(=O)OC)CC(=O)OC)CC(COP(=O)(OC)OCCCCCc1ccccc1)N(COC(C)=O)COC(C)=O. The first-order valence-corrected chi connectivity index (χ1v) is 17.7. The number of ether oxygens (including phenoxy) is 5. The van der Waals surface area contributed by atoms with Crippen molar-refractivity contribution in [3.8, 4) is 0 Å². The number of esters is 5. The molecule has 0 heterocycles. The molecule has 50 heavy (non-hydrogen) atoms. The second-order valence-electron chi connectivity index (χ2n) is 11.4. The van der Waals surface area contributed by atoms with Crippen molar-refractivity contribution in [3.63, 3.8) is 0 Å². The molecule has 0 aliphatic carbocycles. The molecule has 0 fully saturated rings. The Morgan fingerprint density at radius 2 is 1.34 bits per heavy atom. The lowest BCUT2D eigenvalue weighted by atomic mass is 9.92. The number of benzene rings is 1. The van der Waals surface area contributed by atoms with Crippen molar-refractivity contribution in [3.05, 3.63) is 35.9 Å². The molecule has 16 nitrogen and oxygen atoms in total. The Morgan fingerprint density at radius 1 is 0.760 bits per heavy atom. The lowest BCUT2D eigenvalue weighted by molar-refractivity contribution is -0.159. The van der Waals surface area contributed by atoms with Crippen LogP contribution in [0.25, 0.3) is 0 Å². The highest BCUT2D eigenvalue weighted by molar-refractivity contribution is 7.48. The average molecular weight is 733 g/mol. The average Bonchev–Trinajstić information content (AvgIpc) is 3.10. The Labute approximate surface area is 294 Å². The predicted octanol–water partition coefficient (Wildman–Crippen LogP) is 3.51. The number of nitrogens with zero attached hydrogens (tertiary/aromatic N) is 2. The minimum atomic E-state index is -4.07. The van der Waals surface area contributed by atoms with Gasteiger partial charge in [-0.3, -0.25) is 42.4 Å². The van der Waals surface area contributed by atoms with Crippen LogP contribution in [0.2, 0.25) is 0 Å². The maximum Gasteiger partial charge on any atom is 0.474 e. The fourth-order valence-corrected chi connectivity index (χ4v) is 5.74. The zero-order chi connectivity index (χ0) is 37.4. The van der Waals surface area contributed by atoms with E-state index in [0.29, 0.717) is 6.42 Å². The number of aryl methyl sites for hydroxylation is 1. The minimum absolute atomic E-state index is 0.0896. The van der Waals surface area contributed by atoms with E-state index in [1.807, 2.05) is 18.2 Å². The van der Waals surface area contributed by atoms with Crippen molar-refractivity contribution in [2.45, 2.75) is 64.8 Å². The molecule has 0 aromatic heterocycles. The lowest BCUT2D eigenvalue weighted by Crippen LogP contribution is -2.44. The van der Waals surface area contributed by atoms with Crippen molar-refractivity contribution in [2.75, 3.05) is 74.7 Å². The third kappa shape index (κ3) is 20.3. The Hall–Kier alpha value is -3.40. The molecule has 17 heteroatoms. The Kier molecular flexibility index (Phi) is 22.8. The van der Waals surface area contributed by atoms with E-state index in [2.05, 4.69) is 12.1 Å². The Balaban J connectivity index is 3.15. The van der Waals surface area contributed by atoms with Crippen LogP contribution in [0.3, 0.4) is 0 Å². The van der Waals surface area contributed by atoms with Gasteiger partial charge in [0, 0.05) is 33.4 Å². The summed E-state index contributed by atoms with van der Waals surface area (Å²) in [4.78, 5) is 63.0. The molecule has 3 atom stereocenters. The molecule has 0 saturated carbocycles. The largest absolute Gasteiger partial charge is 0.474 e. The molecular formula is C33H53N2O14P. The van der Waals surface area contributed by atoms with E-state index >= 15 is 0 Å². The van der Waals surface area contributed by atoms with Gasteiger partial charge in [-0.15, -0.1) is 0 Å². The number of hydrogen-bond acceptors (Lipinski definition) is 16. The molecule has 284 valence electrons. The first-order chi connectivity index (χ1) is 23.8. The second-order valence-corrected chi connectivity index (χ2v) is 13.1. The minimum Gasteiger partial charge on any atom is -0.469 e. The van der Waals surface area contributed by atoms with E-state index in [-0.39, 0.29) is 65.6 Å². The van der Waals surface area contributed by atoms with Gasteiger partial charge >= 0.3 is 37.7 Å². The quantitative estimate of drug-likeness (QED) is 0.0421. The molecular weight excluding hydrogens is 679 g/mol. The van der Waals surface area contributed by atoms with Gasteiger partial charge in [-0.1, -0.05) is 36.8 Å². The molecule has 0 aliphatic rings. The summed E-state index contributed by atoms with van der Waals surface area (Å²) in [6.07, 6.45) is 3.53. The van der Waals surface area contributed by atoms with Crippen molar-refractivity contribution in [1.82, 2.24) is 9.80 Å². The van der Waals surface area contributed by atoms with Crippen LogP contribution in [0.1, 0.15) is 57.9 Å². The van der Waals surface area contributed by atoms with Gasteiger partial charge in [0.25, 0.3) is 0 Å². The number of hydrogen-bond donors (Lipinski definition) is 0. The molecule has 3 unspecified atom stereocenters. The monoisotopic (exact) mass is 732 g/mol. The Morgan fingerprint density at radius 3 is 1.86 bits per heavy atom. The maximum absolute atomic E-state index is 13.5. The van der Waals surface area contributed by atoms with E-state index in [4.69, 9.17) is 37.3 Å². The molecule has 0 spiro atoms. The summed E-state index contributed by atoms with van der Waals surface area (Å²) < 4.78 is 54.8. The highest BCUT2D eigenvalue weighted by Crippen LogP contribution is 2.49. The molecule has 1 aromatic carbocycles. The third-order valence-corrected chi connectivity index (χ3v) is 8.95. The fourth-order valence-electron chi connectivity index (χ4n) is 4.75. The summed E-state index contributed by atoms with van der Waals surface area (Å²) in [7, 11) is 0.804. The highest BCUT2D eigenvalue weighted by atomic mass is 31.2. The molecule has 0 aliphatic heterocycles. The summed E-state index contributed by atoms with van der Waals surface area (Å²) >= 11 is 0. The van der Waals surface area contributed by atoms with Gasteiger partial charge in [-0.05, 0) is 50.1 Å². The van der Waals surface area contributed by atoms with Crippen LogP contribution in [0.5, 0.6) is 0 Å². The van der Waals surface area contributed by atoms with E-state index in [9.17, 15) is 28.5 Å². The number of methoxy groups -OCH3 is 3. The van der Waals surface area contributed by atoms with Gasteiger partial charge in [0.2, 0.25) is 0 Å². The molecule has 0 amide bonds. The van der Waals surface area contributed by atoms with Gasteiger partial charge in [-0.25, -0.2) is 9.46 Å². The first kappa shape index (κ1) is 44.6.